The number of aryl methyl sites for hydroxylation is 1. The van der Waals surface area contributed by atoms with E-state index >= 15 is 0 Å². The first-order valence-electron chi connectivity index (χ1n) is 4.74. The maximum Gasteiger partial charge on any atom is 0.269 e. The van der Waals surface area contributed by atoms with Crippen molar-refractivity contribution in [1.29, 1.82) is 0 Å². The Kier molecular flexibility index (Phi) is 2.91. The third-order valence-corrected chi connectivity index (χ3v) is 2.07. The first kappa shape index (κ1) is 10.9. The first-order valence-corrected chi connectivity index (χ1v) is 4.74. The molecule has 86 valence electrons. The fourth-order valence-corrected chi connectivity index (χ4v) is 1.16. The molecule has 0 aliphatic heterocycles. The topological polar surface area (TPSA) is 94.4 Å². The van der Waals surface area contributed by atoms with Crippen LogP contribution in [0.4, 0.5) is 11.5 Å². The highest BCUT2D eigenvalue weighted by Gasteiger charge is 2.04. The van der Waals surface area contributed by atoms with Gasteiger partial charge in [-0.05, 0) is 29.8 Å². The standard InChI is InChI=1S/C10H8N4O3/c1-7-10(13-17-12-7)11-6-8-2-4-9(5-3-8)14(15)16/h2-6H,1H3. The van der Waals surface area contributed by atoms with Crippen LogP contribution in [-0.4, -0.2) is 21.5 Å². The lowest BCUT2D eigenvalue weighted by atomic mass is 10.2. The summed E-state index contributed by atoms with van der Waals surface area (Å²) in [6.07, 6.45) is 1.54. The third kappa shape index (κ3) is 2.51. The van der Waals surface area contributed by atoms with Crippen molar-refractivity contribution in [3.63, 3.8) is 0 Å². The highest BCUT2D eigenvalue weighted by Crippen LogP contribution is 2.13. The monoisotopic (exact) mass is 232 g/mol. The fourth-order valence-electron chi connectivity index (χ4n) is 1.16. The van der Waals surface area contributed by atoms with Crippen molar-refractivity contribution < 1.29 is 9.55 Å². The number of non-ortho nitro benzene ring substituents is 1. The minimum absolute atomic E-state index is 0.0430. The molecule has 2 aromatic rings. The van der Waals surface area contributed by atoms with Gasteiger partial charge in [-0.3, -0.25) is 10.1 Å². The van der Waals surface area contributed by atoms with E-state index < -0.39 is 4.92 Å². The highest BCUT2D eigenvalue weighted by molar-refractivity contribution is 5.81. The van der Waals surface area contributed by atoms with Gasteiger partial charge in [-0.1, -0.05) is 5.16 Å². The number of aliphatic imine (C=N–C) groups is 1. The molecule has 0 amide bonds. The normalized spacial score (nSPS) is 10.9. The van der Waals surface area contributed by atoms with E-state index in [1.807, 2.05) is 0 Å². The molecule has 0 N–H and O–H groups in total. The third-order valence-electron chi connectivity index (χ3n) is 2.07. The number of rotatable bonds is 3. The van der Waals surface area contributed by atoms with E-state index in [0.717, 1.165) is 5.56 Å². The summed E-state index contributed by atoms with van der Waals surface area (Å²) in [5, 5.41) is 17.6. The molecule has 0 saturated carbocycles. The Morgan fingerprint density at radius 2 is 2.06 bits per heavy atom. The van der Waals surface area contributed by atoms with E-state index in [4.69, 9.17) is 0 Å². The summed E-state index contributed by atoms with van der Waals surface area (Å²) >= 11 is 0. The summed E-state index contributed by atoms with van der Waals surface area (Å²) in [4.78, 5) is 14.0. The van der Waals surface area contributed by atoms with Crippen LogP contribution in [0, 0.1) is 17.0 Å². The second kappa shape index (κ2) is 4.52. The fraction of sp³-hybridized carbons (Fsp3) is 0.100. The van der Waals surface area contributed by atoms with Gasteiger partial charge in [-0.15, -0.1) is 0 Å². The molecule has 17 heavy (non-hydrogen) atoms. The lowest BCUT2D eigenvalue weighted by Gasteiger charge is -1.92. The molecule has 0 fully saturated rings. The van der Waals surface area contributed by atoms with Gasteiger partial charge in [0.2, 0.25) is 5.82 Å². The number of nitro benzene ring substituents is 1. The maximum absolute atomic E-state index is 10.4. The van der Waals surface area contributed by atoms with Gasteiger partial charge in [-0.25, -0.2) is 9.62 Å². The summed E-state index contributed by atoms with van der Waals surface area (Å²) in [6.45, 7) is 1.72. The van der Waals surface area contributed by atoms with Crippen LogP contribution < -0.4 is 0 Å². The van der Waals surface area contributed by atoms with E-state index in [2.05, 4.69) is 19.9 Å². The largest absolute Gasteiger partial charge is 0.269 e. The molecule has 0 saturated heterocycles. The molecule has 0 bridgehead atoms. The zero-order valence-electron chi connectivity index (χ0n) is 8.90. The number of nitro groups is 1. The Morgan fingerprint density at radius 3 is 2.59 bits per heavy atom. The van der Waals surface area contributed by atoms with Crippen molar-refractivity contribution in [2.45, 2.75) is 6.92 Å². The van der Waals surface area contributed by atoms with Gasteiger partial charge in [0.1, 0.15) is 5.69 Å². The van der Waals surface area contributed by atoms with Gasteiger partial charge in [0.05, 0.1) is 4.92 Å². The SMILES string of the molecule is Cc1nonc1N=Cc1ccc([N+](=O)[O-])cc1. The molecule has 2 rings (SSSR count). The van der Waals surface area contributed by atoms with Crippen molar-refractivity contribution in [2.24, 2.45) is 4.99 Å². The van der Waals surface area contributed by atoms with Crippen molar-refractivity contribution in [3.8, 4) is 0 Å². The average Bonchev–Trinajstić information content (AvgIpc) is 2.73. The van der Waals surface area contributed by atoms with E-state index in [1.165, 1.54) is 18.3 Å². The van der Waals surface area contributed by atoms with Crippen molar-refractivity contribution in [3.05, 3.63) is 45.6 Å². The van der Waals surface area contributed by atoms with Gasteiger partial charge in [0.25, 0.3) is 5.69 Å². The molecule has 0 spiro atoms. The molecule has 7 nitrogen and oxygen atoms in total. The van der Waals surface area contributed by atoms with E-state index in [1.54, 1.807) is 19.1 Å². The lowest BCUT2D eigenvalue weighted by Crippen LogP contribution is -1.88. The Balaban J connectivity index is 2.17. The van der Waals surface area contributed by atoms with Gasteiger partial charge in [0, 0.05) is 18.3 Å². The van der Waals surface area contributed by atoms with Crippen LogP contribution in [0.25, 0.3) is 0 Å². The minimum Gasteiger partial charge on any atom is -0.258 e. The second-order valence-electron chi connectivity index (χ2n) is 3.28. The zero-order chi connectivity index (χ0) is 12.3. The Labute approximate surface area is 95.9 Å². The van der Waals surface area contributed by atoms with Gasteiger partial charge < -0.3 is 0 Å². The predicted molar refractivity (Wildman–Crippen MR) is 59.4 cm³/mol. The van der Waals surface area contributed by atoms with E-state index in [9.17, 15) is 10.1 Å². The summed E-state index contributed by atoms with van der Waals surface area (Å²) in [5.74, 6) is 0.392. The highest BCUT2D eigenvalue weighted by atomic mass is 16.6. The Bertz CT molecular complexity index is 559. The smallest absolute Gasteiger partial charge is 0.258 e. The quantitative estimate of drug-likeness (QED) is 0.458. The molecule has 1 aromatic heterocycles. The number of hydrogen-bond donors (Lipinski definition) is 0. The molecule has 0 atom stereocenters. The Hall–Kier alpha value is -2.57. The second-order valence-corrected chi connectivity index (χ2v) is 3.28. The number of hydrogen-bond acceptors (Lipinski definition) is 6. The van der Waals surface area contributed by atoms with Crippen LogP contribution in [0.5, 0.6) is 0 Å². The van der Waals surface area contributed by atoms with E-state index in [-0.39, 0.29) is 5.69 Å². The van der Waals surface area contributed by atoms with Gasteiger partial charge >= 0.3 is 0 Å². The maximum atomic E-state index is 10.4. The predicted octanol–water partition coefficient (Wildman–Crippen LogP) is 2.04. The molecule has 0 radical (unpaired) electrons. The molecule has 1 heterocycles. The summed E-state index contributed by atoms with van der Waals surface area (Å²) in [7, 11) is 0. The molecule has 0 aliphatic rings. The molecular formula is C10H8N4O3. The van der Waals surface area contributed by atoms with Crippen LogP contribution in [0.15, 0.2) is 33.9 Å². The van der Waals surface area contributed by atoms with Gasteiger partial charge in [-0.2, -0.15) is 0 Å². The minimum atomic E-state index is -0.452. The number of nitrogens with zero attached hydrogens (tertiary/aromatic N) is 4. The summed E-state index contributed by atoms with van der Waals surface area (Å²) in [5.41, 5.74) is 1.36. The molecular weight excluding hydrogens is 224 g/mol. The van der Waals surface area contributed by atoms with Crippen molar-refractivity contribution >= 4 is 17.7 Å². The van der Waals surface area contributed by atoms with Crippen molar-refractivity contribution in [2.75, 3.05) is 0 Å². The molecule has 0 unspecified atom stereocenters. The number of aromatic nitrogens is 2. The van der Waals surface area contributed by atoms with Crippen LogP contribution in [0.1, 0.15) is 11.3 Å². The van der Waals surface area contributed by atoms with Crippen LogP contribution in [0.2, 0.25) is 0 Å². The van der Waals surface area contributed by atoms with Crippen LogP contribution in [0.3, 0.4) is 0 Å². The zero-order valence-corrected chi connectivity index (χ0v) is 8.90. The summed E-state index contributed by atoms with van der Waals surface area (Å²) < 4.78 is 4.48. The van der Waals surface area contributed by atoms with Crippen LogP contribution in [-0.2, 0) is 0 Å². The first-order chi connectivity index (χ1) is 8.16. The molecule has 7 heteroatoms. The van der Waals surface area contributed by atoms with Gasteiger partial charge in [0.15, 0.2) is 0 Å². The average molecular weight is 232 g/mol. The lowest BCUT2D eigenvalue weighted by molar-refractivity contribution is -0.384. The molecule has 1 aromatic carbocycles. The van der Waals surface area contributed by atoms with Crippen molar-refractivity contribution in [1.82, 2.24) is 10.3 Å². The van der Waals surface area contributed by atoms with Crippen LogP contribution >= 0.6 is 0 Å². The Morgan fingerprint density at radius 1 is 1.35 bits per heavy atom. The number of benzene rings is 1. The van der Waals surface area contributed by atoms with E-state index in [0.29, 0.717) is 11.5 Å². The molecule has 0 aliphatic carbocycles. The summed E-state index contributed by atoms with van der Waals surface area (Å²) in [6, 6.07) is 6.03.